The molecular formula is C14H21N5O. The van der Waals surface area contributed by atoms with Crippen LogP contribution < -0.4 is 15.1 Å². The predicted molar refractivity (Wildman–Crippen MR) is 77.8 cm³/mol. The highest BCUT2D eigenvalue weighted by Gasteiger charge is 2.33. The molecule has 6 heteroatoms. The topological polar surface area (TPSA) is 61.4 Å². The molecule has 20 heavy (non-hydrogen) atoms. The molecule has 2 heterocycles. The average molecular weight is 275 g/mol. The van der Waals surface area contributed by atoms with E-state index in [-0.39, 0.29) is 11.8 Å². The first-order valence-electron chi connectivity index (χ1n) is 7.19. The molecule has 1 saturated carbocycles. The van der Waals surface area contributed by atoms with Gasteiger partial charge in [0.05, 0.1) is 5.92 Å². The Morgan fingerprint density at radius 3 is 2.90 bits per heavy atom. The number of amides is 1. The van der Waals surface area contributed by atoms with Gasteiger partial charge in [-0.05, 0) is 25.3 Å². The molecule has 6 nitrogen and oxygen atoms in total. The largest absolute Gasteiger partial charge is 0.363 e. The van der Waals surface area contributed by atoms with Gasteiger partial charge >= 0.3 is 0 Å². The van der Waals surface area contributed by atoms with Gasteiger partial charge in [0.25, 0.3) is 0 Å². The van der Waals surface area contributed by atoms with Crippen LogP contribution in [0.4, 0.5) is 11.8 Å². The van der Waals surface area contributed by atoms with E-state index >= 15 is 0 Å². The van der Waals surface area contributed by atoms with Crippen molar-refractivity contribution in [3.63, 3.8) is 0 Å². The number of nitrogens with zero attached hydrogens (tertiary/aromatic N) is 4. The second kappa shape index (κ2) is 5.26. The van der Waals surface area contributed by atoms with Crippen LogP contribution >= 0.6 is 0 Å². The molecule has 1 unspecified atom stereocenters. The van der Waals surface area contributed by atoms with Crippen molar-refractivity contribution in [2.45, 2.75) is 25.3 Å². The lowest BCUT2D eigenvalue weighted by molar-refractivity contribution is -0.124. The maximum atomic E-state index is 12.1. The van der Waals surface area contributed by atoms with E-state index in [1.165, 1.54) is 0 Å². The van der Waals surface area contributed by atoms with Crippen molar-refractivity contribution in [1.82, 2.24) is 15.3 Å². The van der Waals surface area contributed by atoms with Crippen LogP contribution in [0, 0.1) is 5.92 Å². The maximum Gasteiger partial charge on any atom is 0.227 e. The summed E-state index contributed by atoms with van der Waals surface area (Å²) in [6.07, 6.45) is 4.93. The predicted octanol–water partition coefficient (Wildman–Crippen LogP) is 0.647. The third-order valence-corrected chi connectivity index (χ3v) is 3.85. The minimum absolute atomic E-state index is 0.0715. The van der Waals surface area contributed by atoms with Gasteiger partial charge in [0.2, 0.25) is 11.9 Å². The van der Waals surface area contributed by atoms with Crippen LogP contribution in [0.3, 0.4) is 0 Å². The molecule has 1 atom stereocenters. The number of hydrogen-bond donors (Lipinski definition) is 1. The van der Waals surface area contributed by atoms with Crippen molar-refractivity contribution in [2.24, 2.45) is 5.92 Å². The minimum atomic E-state index is 0.0715. The zero-order chi connectivity index (χ0) is 14.1. The molecule has 3 rings (SSSR count). The average Bonchev–Trinajstić information content (AvgIpc) is 3.11. The molecule has 1 amide bonds. The number of rotatable bonds is 4. The van der Waals surface area contributed by atoms with Gasteiger partial charge in [-0.25, -0.2) is 4.98 Å². The molecule has 1 aliphatic heterocycles. The molecule has 1 aromatic rings. The summed E-state index contributed by atoms with van der Waals surface area (Å²) in [5.41, 5.74) is 0. The quantitative estimate of drug-likeness (QED) is 0.874. The van der Waals surface area contributed by atoms with Gasteiger partial charge in [-0.1, -0.05) is 0 Å². The summed E-state index contributed by atoms with van der Waals surface area (Å²) < 4.78 is 0. The van der Waals surface area contributed by atoms with Crippen LogP contribution in [-0.2, 0) is 4.79 Å². The zero-order valence-electron chi connectivity index (χ0n) is 12.0. The van der Waals surface area contributed by atoms with E-state index < -0.39 is 0 Å². The van der Waals surface area contributed by atoms with Crippen molar-refractivity contribution >= 4 is 17.7 Å². The second-order valence-corrected chi connectivity index (χ2v) is 5.82. The van der Waals surface area contributed by atoms with Crippen LogP contribution in [0.25, 0.3) is 0 Å². The molecule has 2 aliphatic rings. The summed E-state index contributed by atoms with van der Waals surface area (Å²) in [6, 6.07) is 2.32. The molecule has 1 N–H and O–H groups in total. The van der Waals surface area contributed by atoms with Crippen molar-refractivity contribution in [2.75, 3.05) is 37.0 Å². The van der Waals surface area contributed by atoms with Crippen molar-refractivity contribution < 1.29 is 4.79 Å². The highest BCUT2D eigenvalue weighted by Crippen LogP contribution is 2.24. The van der Waals surface area contributed by atoms with Crippen LogP contribution in [0.2, 0.25) is 0 Å². The molecule has 1 aliphatic carbocycles. The van der Waals surface area contributed by atoms with Gasteiger partial charge in [0.15, 0.2) is 0 Å². The Balaban J connectivity index is 1.64. The third-order valence-electron chi connectivity index (χ3n) is 3.85. The molecule has 1 saturated heterocycles. The Labute approximate surface area is 119 Å². The molecule has 0 aromatic carbocycles. The first-order chi connectivity index (χ1) is 9.63. The lowest BCUT2D eigenvalue weighted by Crippen LogP contribution is -2.34. The van der Waals surface area contributed by atoms with Crippen molar-refractivity contribution in [3.05, 3.63) is 12.3 Å². The van der Waals surface area contributed by atoms with Crippen LogP contribution in [0.15, 0.2) is 12.3 Å². The lowest BCUT2D eigenvalue weighted by Gasteiger charge is -2.18. The summed E-state index contributed by atoms with van der Waals surface area (Å²) in [6.45, 7) is 1.56. The first kappa shape index (κ1) is 13.1. The Morgan fingerprint density at radius 1 is 1.40 bits per heavy atom. The van der Waals surface area contributed by atoms with Crippen LogP contribution in [0.1, 0.15) is 19.3 Å². The Hall–Kier alpha value is -1.85. The summed E-state index contributed by atoms with van der Waals surface area (Å²) >= 11 is 0. The number of hydrogen-bond acceptors (Lipinski definition) is 5. The summed E-state index contributed by atoms with van der Waals surface area (Å²) in [7, 11) is 3.92. The van der Waals surface area contributed by atoms with E-state index in [9.17, 15) is 4.79 Å². The summed E-state index contributed by atoms with van der Waals surface area (Å²) in [4.78, 5) is 25.0. The Morgan fingerprint density at radius 2 is 2.20 bits per heavy atom. The van der Waals surface area contributed by atoms with Crippen LogP contribution in [0.5, 0.6) is 0 Å². The lowest BCUT2D eigenvalue weighted by atomic mass is 10.1. The monoisotopic (exact) mass is 275 g/mol. The van der Waals surface area contributed by atoms with Crippen molar-refractivity contribution in [1.29, 1.82) is 0 Å². The van der Waals surface area contributed by atoms with Gasteiger partial charge in [0.1, 0.15) is 5.82 Å². The highest BCUT2D eigenvalue weighted by atomic mass is 16.2. The fraction of sp³-hybridized carbons (Fsp3) is 0.643. The number of carbonyl (C=O) groups excluding carboxylic acids is 1. The van der Waals surface area contributed by atoms with Gasteiger partial charge in [-0.15, -0.1) is 0 Å². The van der Waals surface area contributed by atoms with Gasteiger partial charge in [-0.3, -0.25) is 4.79 Å². The van der Waals surface area contributed by atoms with E-state index in [0.29, 0.717) is 6.04 Å². The molecular weight excluding hydrogens is 254 g/mol. The summed E-state index contributed by atoms with van der Waals surface area (Å²) in [5, 5.41) is 3.08. The third kappa shape index (κ3) is 2.84. The fourth-order valence-electron chi connectivity index (χ4n) is 2.44. The van der Waals surface area contributed by atoms with Gasteiger partial charge < -0.3 is 15.1 Å². The maximum absolute atomic E-state index is 12.1. The Bertz CT molecular complexity index is 500. The van der Waals surface area contributed by atoms with Gasteiger partial charge in [0, 0.05) is 39.4 Å². The van der Waals surface area contributed by atoms with E-state index in [1.807, 2.05) is 25.1 Å². The van der Waals surface area contributed by atoms with Gasteiger partial charge in [-0.2, -0.15) is 4.98 Å². The highest BCUT2D eigenvalue weighted by molar-refractivity contribution is 5.80. The number of anilines is 2. The first-order valence-corrected chi connectivity index (χ1v) is 7.19. The molecule has 0 radical (unpaired) electrons. The van der Waals surface area contributed by atoms with E-state index in [2.05, 4.69) is 20.2 Å². The minimum Gasteiger partial charge on any atom is -0.363 e. The fourth-order valence-corrected chi connectivity index (χ4v) is 2.44. The molecule has 2 fully saturated rings. The molecule has 1 aromatic heterocycles. The number of nitrogens with one attached hydrogen (secondary N) is 1. The normalized spacial score (nSPS) is 21.9. The summed E-state index contributed by atoms with van der Waals surface area (Å²) in [5.74, 6) is 1.87. The number of aromatic nitrogens is 2. The van der Waals surface area contributed by atoms with E-state index in [0.717, 1.165) is 44.1 Å². The molecule has 0 bridgehead atoms. The Kier molecular flexibility index (Phi) is 3.46. The van der Waals surface area contributed by atoms with E-state index in [4.69, 9.17) is 0 Å². The SMILES string of the molecule is CN(C)c1ccnc(N2CCC(C(=O)NC3CC3)C2)n1. The molecule has 0 spiro atoms. The van der Waals surface area contributed by atoms with E-state index in [1.54, 1.807) is 6.20 Å². The zero-order valence-corrected chi connectivity index (χ0v) is 12.0. The number of carbonyl (C=O) groups is 1. The molecule has 108 valence electrons. The smallest absolute Gasteiger partial charge is 0.227 e. The van der Waals surface area contributed by atoms with Crippen LogP contribution in [-0.4, -0.2) is 49.1 Å². The van der Waals surface area contributed by atoms with Crippen molar-refractivity contribution in [3.8, 4) is 0 Å². The second-order valence-electron chi connectivity index (χ2n) is 5.82. The standard InChI is InChI=1S/C14H21N5O/c1-18(2)12-5-7-15-14(17-12)19-8-6-10(9-19)13(20)16-11-3-4-11/h5,7,10-11H,3-4,6,8-9H2,1-2H3,(H,16,20).